The van der Waals surface area contributed by atoms with E-state index in [2.05, 4.69) is 61.8 Å². The summed E-state index contributed by atoms with van der Waals surface area (Å²) in [6, 6.07) is 11.1. The molecule has 0 aliphatic carbocycles. The van der Waals surface area contributed by atoms with Crippen LogP contribution in [0.1, 0.15) is 61.8 Å². The van der Waals surface area contributed by atoms with E-state index in [0.717, 1.165) is 25.8 Å². The molecular formula is C18H26N2S. The Morgan fingerprint density at radius 3 is 2.57 bits per heavy atom. The fourth-order valence-corrected chi connectivity index (χ4v) is 3.40. The molecule has 3 heteroatoms. The van der Waals surface area contributed by atoms with Crippen molar-refractivity contribution in [2.45, 2.75) is 52.0 Å². The molecule has 0 radical (unpaired) electrons. The molecule has 0 amide bonds. The van der Waals surface area contributed by atoms with Gasteiger partial charge in [-0.15, -0.1) is 11.3 Å². The van der Waals surface area contributed by atoms with E-state index >= 15 is 0 Å². The van der Waals surface area contributed by atoms with Crippen molar-refractivity contribution in [2.24, 2.45) is 0 Å². The first-order chi connectivity index (χ1) is 10.2. The second kappa shape index (κ2) is 8.30. The summed E-state index contributed by atoms with van der Waals surface area (Å²) in [6.45, 7) is 7.67. The minimum Gasteiger partial charge on any atom is -0.308 e. The number of thiazole rings is 1. The molecule has 2 aromatic rings. The van der Waals surface area contributed by atoms with Crippen LogP contribution in [0.3, 0.4) is 0 Å². The highest BCUT2D eigenvalue weighted by molar-refractivity contribution is 7.09. The fourth-order valence-electron chi connectivity index (χ4n) is 2.31. The van der Waals surface area contributed by atoms with E-state index < -0.39 is 0 Å². The van der Waals surface area contributed by atoms with Gasteiger partial charge in [-0.1, -0.05) is 51.1 Å². The smallest absolute Gasteiger partial charge is 0.110 e. The van der Waals surface area contributed by atoms with E-state index in [-0.39, 0.29) is 0 Å². The lowest BCUT2D eigenvalue weighted by atomic mass is 10.1. The van der Waals surface area contributed by atoms with Crippen molar-refractivity contribution in [3.63, 3.8) is 0 Å². The Morgan fingerprint density at radius 2 is 1.95 bits per heavy atom. The van der Waals surface area contributed by atoms with Gasteiger partial charge in [-0.2, -0.15) is 0 Å². The third-order valence-corrected chi connectivity index (χ3v) is 4.61. The number of benzene rings is 1. The van der Waals surface area contributed by atoms with E-state index in [1.165, 1.54) is 16.3 Å². The molecule has 1 heterocycles. The minimum absolute atomic E-state index is 0.377. The summed E-state index contributed by atoms with van der Waals surface area (Å²) < 4.78 is 0. The van der Waals surface area contributed by atoms with E-state index in [0.29, 0.717) is 12.0 Å². The number of rotatable bonds is 8. The maximum atomic E-state index is 4.83. The van der Waals surface area contributed by atoms with E-state index in [1.807, 2.05) is 0 Å². The number of aryl methyl sites for hydroxylation is 1. The van der Waals surface area contributed by atoms with Gasteiger partial charge >= 0.3 is 0 Å². The predicted molar refractivity (Wildman–Crippen MR) is 92.0 cm³/mol. The number of hydrogen-bond acceptors (Lipinski definition) is 3. The molecule has 0 bridgehead atoms. The molecule has 2 rings (SSSR count). The zero-order valence-electron chi connectivity index (χ0n) is 13.3. The van der Waals surface area contributed by atoms with E-state index in [4.69, 9.17) is 4.98 Å². The Labute approximate surface area is 132 Å². The normalized spacial score (nSPS) is 12.8. The number of nitrogens with one attached hydrogen (secondary N) is 1. The van der Waals surface area contributed by atoms with Crippen LogP contribution in [0.25, 0.3) is 0 Å². The summed E-state index contributed by atoms with van der Waals surface area (Å²) >= 11 is 1.80. The van der Waals surface area contributed by atoms with Gasteiger partial charge in [-0.3, -0.25) is 0 Å². The molecule has 0 spiro atoms. The van der Waals surface area contributed by atoms with E-state index in [1.54, 1.807) is 11.3 Å². The standard InChI is InChI=1S/C18H26N2S/c1-4-12-19-16(11-10-15-8-6-5-7-9-15)18-20-17(13-21-18)14(2)3/h5-9,13-14,16,19H,4,10-12H2,1-3H3. The van der Waals surface area contributed by atoms with Crippen molar-refractivity contribution in [3.8, 4) is 0 Å². The monoisotopic (exact) mass is 302 g/mol. The van der Waals surface area contributed by atoms with Gasteiger partial charge < -0.3 is 5.32 Å². The van der Waals surface area contributed by atoms with Crippen molar-refractivity contribution in [1.29, 1.82) is 0 Å². The summed E-state index contributed by atoms with van der Waals surface area (Å²) in [5, 5.41) is 7.11. The van der Waals surface area contributed by atoms with Crippen LogP contribution in [0.5, 0.6) is 0 Å². The van der Waals surface area contributed by atoms with Crippen molar-refractivity contribution in [3.05, 3.63) is 52.0 Å². The molecule has 1 N–H and O–H groups in total. The van der Waals surface area contributed by atoms with Crippen molar-refractivity contribution in [1.82, 2.24) is 10.3 Å². The molecule has 0 saturated carbocycles. The molecule has 0 aliphatic rings. The molecule has 1 aromatic heterocycles. The summed E-state index contributed by atoms with van der Waals surface area (Å²) in [5.74, 6) is 0.510. The van der Waals surface area contributed by atoms with Crippen LogP contribution in [0.4, 0.5) is 0 Å². The largest absolute Gasteiger partial charge is 0.308 e. The summed E-state index contributed by atoms with van der Waals surface area (Å²) in [4.78, 5) is 4.83. The van der Waals surface area contributed by atoms with Crippen LogP contribution in [-0.4, -0.2) is 11.5 Å². The van der Waals surface area contributed by atoms with Crippen LogP contribution < -0.4 is 5.32 Å². The van der Waals surface area contributed by atoms with Crippen molar-refractivity contribution < 1.29 is 0 Å². The molecule has 0 aliphatic heterocycles. The average Bonchev–Trinajstić information content (AvgIpc) is 2.98. The van der Waals surface area contributed by atoms with Crippen LogP contribution in [0.15, 0.2) is 35.7 Å². The van der Waals surface area contributed by atoms with Crippen LogP contribution in [0, 0.1) is 0 Å². The number of hydrogen-bond donors (Lipinski definition) is 1. The summed E-state index contributed by atoms with van der Waals surface area (Å²) in [6.07, 6.45) is 3.36. The SMILES string of the molecule is CCCNC(CCc1ccccc1)c1nc(C(C)C)cs1. The zero-order valence-corrected chi connectivity index (χ0v) is 14.1. The quantitative estimate of drug-likeness (QED) is 0.747. The Bertz CT molecular complexity index is 519. The van der Waals surface area contributed by atoms with Gasteiger partial charge in [-0.25, -0.2) is 4.98 Å². The summed E-state index contributed by atoms with van der Waals surface area (Å²) in [7, 11) is 0. The third kappa shape index (κ3) is 4.94. The number of nitrogens with zero attached hydrogens (tertiary/aromatic N) is 1. The Kier molecular flexibility index (Phi) is 6.40. The van der Waals surface area contributed by atoms with Gasteiger partial charge in [0.05, 0.1) is 11.7 Å². The summed E-state index contributed by atoms with van der Waals surface area (Å²) in [5.41, 5.74) is 2.62. The Hall–Kier alpha value is -1.19. The van der Waals surface area contributed by atoms with Crippen LogP contribution in [-0.2, 0) is 6.42 Å². The average molecular weight is 302 g/mol. The van der Waals surface area contributed by atoms with Crippen molar-refractivity contribution >= 4 is 11.3 Å². The maximum Gasteiger partial charge on any atom is 0.110 e. The molecule has 1 atom stereocenters. The van der Waals surface area contributed by atoms with Gasteiger partial charge in [0.1, 0.15) is 5.01 Å². The second-order valence-corrected chi connectivity index (χ2v) is 6.69. The maximum absolute atomic E-state index is 4.83. The zero-order chi connectivity index (χ0) is 15.1. The fraction of sp³-hybridized carbons (Fsp3) is 0.500. The molecule has 0 fully saturated rings. The molecule has 114 valence electrons. The lowest BCUT2D eigenvalue weighted by molar-refractivity contribution is 0.496. The second-order valence-electron chi connectivity index (χ2n) is 5.80. The molecule has 21 heavy (non-hydrogen) atoms. The van der Waals surface area contributed by atoms with Gasteiger partial charge in [0.15, 0.2) is 0 Å². The molecule has 2 nitrogen and oxygen atoms in total. The van der Waals surface area contributed by atoms with Gasteiger partial charge in [-0.05, 0) is 37.3 Å². The third-order valence-electron chi connectivity index (χ3n) is 3.63. The van der Waals surface area contributed by atoms with Gasteiger partial charge in [0, 0.05) is 5.38 Å². The van der Waals surface area contributed by atoms with E-state index in [9.17, 15) is 0 Å². The van der Waals surface area contributed by atoms with Crippen LogP contribution in [0.2, 0.25) is 0 Å². The highest BCUT2D eigenvalue weighted by Gasteiger charge is 2.16. The Morgan fingerprint density at radius 1 is 1.19 bits per heavy atom. The molecule has 0 saturated heterocycles. The molecular weight excluding hydrogens is 276 g/mol. The highest BCUT2D eigenvalue weighted by atomic mass is 32.1. The first-order valence-electron chi connectivity index (χ1n) is 7.93. The first kappa shape index (κ1) is 16.2. The predicted octanol–water partition coefficient (Wildman–Crippen LogP) is 4.94. The van der Waals surface area contributed by atoms with Crippen LogP contribution >= 0.6 is 11.3 Å². The highest BCUT2D eigenvalue weighted by Crippen LogP contribution is 2.26. The Balaban J connectivity index is 2.02. The minimum atomic E-state index is 0.377. The molecule has 1 unspecified atom stereocenters. The topological polar surface area (TPSA) is 24.9 Å². The first-order valence-corrected chi connectivity index (χ1v) is 8.81. The van der Waals surface area contributed by atoms with Gasteiger partial charge in [0.2, 0.25) is 0 Å². The van der Waals surface area contributed by atoms with Crippen molar-refractivity contribution in [2.75, 3.05) is 6.54 Å². The lowest BCUT2D eigenvalue weighted by Gasteiger charge is -2.16. The molecule has 1 aromatic carbocycles. The lowest BCUT2D eigenvalue weighted by Crippen LogP contribution is -2.22. The number of aromatic nitrogens is 1. The van der Waals surface area contributed by atoms with Gasteiger partial charge in [0.25, 0.3) is 0 Å².